The van der Waals surface area contributed by atoms with Crippen molar-refractivity contribution in [3.63, 3.8) is 0 Å². The van der Waals surface area contributed by atoms with Crippen molar-refractivity contribution < 1.29 is 8.91 Å². The molecule has 22 heavy (non-hydrogen) atoms. The number of thioether (sulfide) groups is 1. The van der Waals surface area contributed by atoms with Crippen LogP contribution in [-0.2, 0) is 5.75 Å². The van der Waals surface area contributed by atoms with E-state index < -0.39 is 0 Å². The SMILES string of the molecule is Nc1cc(N)nc(SCc2noc(-c3ccc(F)cc3)n2)n1. The van der Waals surface area contributed by atoms with Crippen molar-refractivity contribution in [2.75, 3.05) is 11.5 Å². The molecule has 0 radical (unpaired) electrons. The van der Waals surface area contributed by atoms with E-state index in [2.05, 4.69) is 20.1 Å². The van der Waals surface area contributed by atoms with Crippen LogP contribution in [0.3, 0.4) is 0 Å². The van der Waals surface area contributed by atoms with Crippen molar-refractivity contribution in [3.05, 3.63) is 42.0 Å². The number of aromatic nitrogens is 4. The van der Waals surface area contributed by atoms with Crippen LogP contribution in [-0.4, -0.2) is 20.1 Å². The first-order chi connectivity index (χ1) is 10.6. The molecule has 0 atom stereocenters. The van der Waals surface area contributed by atoms with Gasteiger partial charge in [-0.1, -0.05) is 16.9 Å². The zero-order chi connectivity index (χ0) is 15.5. The van der Waals surface area contributed by atoms with E-state index in [0.29, 0.717) is 39.8 Å². The molecule has 9 heteroatoms. The Morgan fingerprint density at radius 2 is 1.73 bits per heavy atom. The molecule has 0 fully saturated rings. The fourth-order valence-corrected chi connectivity index (χ4v) is 2.39. The maximum atomic E-state index is 12.9. The molecule has 0 unspecified atom stereocenters. The summed E-state index contributed by atoms with van der Waals surface area (Å²) < 4.78 is 18.0. The summed E-state index contributed by atoms with van der Waals surface area (Å²) in [5.74, 6) is 1.46. The highest BCUT2D eigenvalue weighted by Crippen LogP contribution is 2.22. The zero-order valence-corrected chi connectivity index (χ0v) is 12.0. The topological polar surface area (TPSA) is 117 Å². The number of hydrogen-bond donors (Lipinski definition) is 2. The van der Waals surface area contributed by atoms with Crippen molar-refractivity contribution >= 4 is 23.4 Å². The molecule has 4 N–H and O–H groups in total. The van der Waals surface area contributed by atoms with E-state index in [1.165, 1.54) is 30.0 Å². The molecular formula is C13H11FN6OS. The second kappa shape index (κ2) is 5.98. The van der Waals surface area contributed by atoms with Crippen molar-refractivity contribution in [3.8, 4) is 11.5 Å². The van der Waals surface area contributed by atoms with Gasteiger partial charge in [-0.2, -0.15) is 4.98 Å². The molecule has 2 aromatic heterocycles. The summed E-state index contributed by atoms with van der Waals surface area (Å²) in [5.41, 5.74) is 11.8. The predicted octanol–water partition coefficient (Wildman–Crippen LogP) is 2.12. The predicted molar refractivity (Wildman–Crippen MR) is 80.1 cm³/mol. The van der Waals surface area contributed by atoms with E-state index in [1.807, 2.05) is 0 Å². The fraction of sp³-hybridized carbons (Fsp3) is 0.0769. The first-order valence-corrected chi connectivity index (χ1v) is 7.20. The first-order valence-electron chi connectivity index (χ1n) is 6.21. The van der Waals surface area contributed by atoms with E-state index in [0.717, 1.165) is 0 Å². The van der Waals surface area contributed by atoms with Crippen LogP contribution in [0.1, 0.15) is 5.82 Å². The van der Waals surface area contributed by atoms with Crippen LogP contribution >= 0.6 is 11.8 Å². The van der Waals surface area contributed by atoms with Gasteiger partial charge in [0.15, 0.2) is 11.0 Å². The highest BCUT2D eigenvalue weighted by molar-refractivity contribution is 7.98. The lowest BCUT2D eigenvalue weighted by molar-refractivity contribution is 0.425. The Balaban J connectivity index is 1.70. The van der Waals surface area contributed by atoms with Crippen molar-refractivity contribution in [2.45, 2.75) is 10.9 Å². The van der Waals surface area contributed by atoms with E-state index in [9.17, 15) is 4.39 Å². The van der Waals surface area contributed by atoms with E-state index in [1.54, 1.807) is 12.1 Å². The average Bonchev–Trinajstić information content (AvgIpc) is 2.94. The van der Waals surface area contributed by atoms with Crippen LogP contribution < -0.4 is 11.5 Å². The van der Waals surface area contributed by atoms with Crippen LogP contribution in [0.4, 0.5) is 16.0 Å². The minimum Gasteiger partial charge on any atom is -0.383 e. The number of nitrogen functional groups attached to an aromatic ring is 2. The van der Waals surface area contributed by atoms with Crippen molar-refractivity contribution in [1.82, 2.24) is 20.1 Å². The minimum atomic E-state index is -0.324. The Morgan fingerprint density at radius 3 is 2.41 bits per heavy atom. The molecule has 0 aliphatic heterocycles. The molecule has 0 aliphatic carbocycles. The highest BCUT2D eigenvalue weighted by Gasteiger charge is 2.10. The summed E-state index contributed by atoms with van der Waals surface area (Å²) in [7, 11) is 0. The summed E-state index contributed by atoms with van der Waals surface area (Å²) in [6.45, 7) is 0. The molecule has 0 saturated heterocycles. The average molecular weight is 318 g/mol. The van der Waals surface area contributed by atoms with Crippen LogP contribution in [0.15, 0.2) is 40.0 Å². The minimum absolute atomic E-state index is 0.301. The Bertz CT molecular complexity index is 771. The summed E-state index contributed by atoms with van der Waals surface area (Å²) in [5, 5.41) is 4.29. The van der Waals surface area contributed by atoms with Gasteiger partial charge in [0.2, 0.25) is 0 Å². The summed E-state index contributed by atoms with van der Waals surface area (Å²) >= 11 is 1.29. The van der Waals surface area contributed by atoms with Crippen LogP contribution in [0.5, 0.6) is 0 Å². The number of hydrogen-bond acceptors (Lipinski definition) is 8. The van der Waals surface area contributed by atoms with Gasteiger partial charge in [-0.3, -0.25) is 0 Å². The largest absolute Gasteiger partial charge is 0.383 e. The molecule has 2 heterocycles. The molecule has 3 rings (SSSR count). The molecular weight excluding hydrogens is 307 g/mol. The van der Waals surface area contributed by atoms with Gasteiger partial charge >= 0.3 is 0 Å². The van der Waals surface area contributed by atoms with Gasteiger partial charge < -0.3 is 16.0 Å². The van der Waals surface area contributed by atoms with Crippen molar-refractivity contribution in [1.29, 1.82) is 0 Å². The lowest BCUT2D eigenvalue weighted by atomic mass is 10.2. The number of anilines is 2. The number of nitrogens with two attached hydrogens (primary N) is 2. The fourth-order valence-electron chi connectivity index (χ4n) is 1.68. The number of halogens is 1. The van der Waals surface area contributed by atoms with Gasteiger partial charge in [0, 0.05) is 11.6 Å². The second-order valence-corrected chi connectivity index (χ2v) is 5.25. The van der Waals surface area contributed by atoms with Crippen LogP contribution in [0.25, 0.3) is 11.5 Å². The Kier molecular flexibility index (Phi) is 3.88. The van der Waals surface area contributed by atoms with Crippen LogP contribution in [0.2, 0.25) is 0 Å². The monoisotopic (exact) mass is 318 g/mol. The third-order valence-electron chi connectivity index (χ3n) is 2.63. The number of benzene rings is 1. The maximum absolute atomic E-state index is 12.9. The molecule has 7 nitrogen and oxygen atoms in total. The van der Waals surface area contributed by atoms with E-state index in [-0.39, 0.29) is 5.82 Å². The van der Waals surface area contributed by atoms with Gasteiger partial charge in [0.25, 0.3) is 5.89 Å². The van der Waals surface area contributed by atoms with Gasteiger partial charge in [-0.05, 0) is 24.3 Å². The molecule has 0 saturated carbocycles. The van der Waals surface area contributed by atoms with Gasteiger partial charge in [0.1, 0.15) is 17.5 Å². The molecule has 1 aromatic carbocycles. The summed E-state index contributed by atoms with van der Waals surface area (Å²) in [6.07, 6.45) is 0. The molecule has 0 amide bonds. The molecule has 0 spiro atoms. The number of nitrogens with zero attached hydrogens (tertiary/aromatic N) is 4. The standard InChI is InChI=1S/C13H11FN6OS/c14-8-3-1-7(2-4-8)12-19-11(20-21-12)6-22-13-17-9(15)5-10(16)18-13/h1-5H,6H2,(H4,15,16,17,18). The first kappa shape index (κ1) is 14.3. The third kappa shape index (κ3) is 3.31. The summed E-state index contributed by atoms with van der Waals surface area (Å²) in [6, 6.07) is 7.28. The van der Waals surface area contributed by atoms with E-state index >= 15 is 0 Å². The Hall–Kier alpha value is -2.68. The summed E-state index contributed by atoms with van der Waals surface area (Å²) in [4.78, 5) is 12.3. The van der Waals surface area contributed by atoms with Crippen molar-refractivity contribution in [2.24, 2.45) is 0 Å². The second-order valence-electron chi connectivity index (χ2n) is 4.31. The molecule has 0 bridgehead atoms. The zero-order valence-electron chi connectivity index (χ0n) is 11.2. The third-order valence-corrected chi connectivity index (χ3v) is 3.48. The Morgan fingerprint density at radius 1 is 1.05 bits per heavy atom. The molecule has 112 valence electrons. The van der Waals surface area contributed by atoms with Crippen LogP contribution in [0, 0.1) is 5.82 Å². The van der Waals surface area contributed by atoms with Gasteiger partial charge in [-0.25, -0.2) is 14.4 Å². The molecule has 3 aromatic rings. The maximum Gasteiger partial charge on any atom is 0.257 e. The smallest absolute Gasteiger partial charge is 0.257 e. The van der Waals surface area contributed by atoms with Gasteiger partial charge in [-0.15, -0.1) is 0 Å². The van der Waals surface area contributed by atoms with E-state index in [4.69, 9.17) is 16.0 Å². The molecule has 0 aliphatic rings. The number of rotatable bonds is 4. The normalized spacial score (nSPS) is 10.8. The Labute approximate surface area is 129 Å². The quantitative estimate of drug-likeness (QED) is 0.555. The lowest BCUT2D eigenvalue weighted by Crippen LogP contribution is -1.99. The highest BCUT2D eigenvalue weighted by atomic mass is 32.2. The lowest BCUT2D eigenvalue weighted by Gasteiger charge is -2.00. The van der Waals surface area contributed by atoms with Gasteiger partial charge in [0.05, 0.1) is 5.75 Å².